The third kappa shape index (κ3) is 3.03. The minimum absolute atomic E-state index is 0.167. The molecule has 104 valence electrons. The first-order valence-electron chi connectivity index (χ1n) is 7.33. The molecule has 1 aromatic carbocycles. The standard InChI is InChI=1S/C16H21BrFN/c17-15-11-14(18)4-3-13(15)12-19-9-7-16(8-10-19)5-1-2-6-16/h3-4,11H,1-2,5-10,12H2. The highest BCUT2D eigenvalue weighted by molar-refractivity contribution is 9.10. The number of rotatable bonds is 2. The Balaban J connectivity index is 1.60. The number of hydrogen-bond donors (Lipinski definition) is 0. The zero-order chi connectivity index (χ0) is 13.3. The van der Waals surface area contributed by atoms with Crippen molar-refractivity contribution in [1.82, 2.24) is 4.90 Å². The summed E-state index contributed by atoms with van der Waals surface area (Å²) in [5.74, 6) is -0.167. The Morgan fingerprint density at radius 1 is 1.11 bits per heavy atom. The third-order valence-corrected chi connectivity index (χ3v) is 5.73. The first kappa shape index (κ1) is 13.6. The van der Waals surface area contributed by atoms with Crippen LogP contribution in [0.5, 0.6) is 0 Å². The van der Waals surface area contributed by atoms with Gasteiger partial charge in [0.25, 0.3) is 0 Å². The Hall–Kier alpha value is -0.410. The van der Waals surface area contributed by atoms with Crippen molar-refractivity contribution in [1.29, 1.82) is 0 Å². The maximum absolute atomic E-state index is 13.1. The smallest absolute Gasteiger partial charge is 0.124 e. The SMILES string of the molecule is Fc1ccc(CN2CCC3(CCCC3)CC2)c(Br)c1. The second-order valence-electron chi connectivity index (χ2n) is 6.22. The van der Waals surface area contributed by atoms with Gasteiger partial charge >= 0.3 is 0 Å². The van der Waals surface area contributed by atoms with Crippen LogP contribution in [0.4, 0.5) is 4.39 Å². The van der Waals surface area contributed by atoms with Crippen LogP contribution in [0.3, 0.4) is 0 Å². The van der Waals surface area contributed by atoms with E-state index in [1.807, 2.05) is 6.07 Å². The van der Waals surface area contributed by atoms with Gasteiger partial charge in [-0.2, -0.15) is 0 Å². The molecule has 3 rings (SSSR count). The van der Waals surface area contributed by atoms with Gasteiger partial charge in [0.2, 0.25) is 0 Å². The summed E-state index contributed by atoms with van der Waals surface area (Å²) in [7, 11) is 0. The van der Waals surface area contributed by atoms with Crippen LogP contribution in [0.15, 0.2) is 22.7 Å². The van der Waals surface area contributed by atoms with Gasteiger partial charge < -0.3 is 0 Å². The van der Waals surface area contributed by atoms with Crippen molar-refractivity contribution in [3.63, 3.8) is 0 Å². The predicted molar refractivity (Wildman–Crippen MR) is 79.5 cm³/mol. The van der Waals surface area contributed by atoms with Crippen molar-refractivity contribution in [3.05, 3.63) is 34.1 Å². The lowest BCUT2D eigenvalue weighted by molar-refractivity contribution is 0.103. The minimum Gasteiger partial charge on any atom is -0.299 e. The summed E-state index contributed by atoms with van der Waals surface area (Å²) >= 11 is 3.47. The third-order valence-electron chi connectivity index (χ3n) is 4.99. The van der Waals surface area contributed by atoms with E-state index < -0.39 is 0 Å². The van der Waals surface area contributed by atoms with Crippen molar-refractivity contribution in [2.45, 2.75) is 45.1 Å². The van der Waals surface area contributed by atoms with Gasteiger partial charge in [-0.1, -0.05) is 34.8 Å². The van der Waals surface area contributed by atoms with Gasteiger partial charge in [0.05, 0.1) is 0 Å². The fourth-order valence-corrected chi connectivity index (χ4v) is 4.18. The molecule has 1 saturated heterocycles. The maximum atomic E-state index is 13.1. The number of hydrogen-bond acceptors (Lipinski definition) is 1. The molecule has 0 N–H and O–H groups in total. The normalized spacial score (nSPS) is 23.1. The summed E-state index contributed by atoms with van der Waals surface area (Å²) in [6.45, 7) is 3.34. The zero-order valence-corrected chi connectivity index (χ0v) is 12.9. The molecular formula is C16H21BrFN. The van der Waals surface area contributed by atoms with Crippen LogP contribution in [-0.2, 0) is 6.54 Å². The van der Waals surface area contributed by atoms with Crippen LogP contribution in [0, 0.1) is 11.2 Å². The van der Waals surface area contributed by atoms with E-state index in [1.165, 1.54) is 57.2 Å². The molecule has 1 aliphatic heterocycles. The highest BCUT2D eigenvalue weighted by Crippen LogP contribution is 2.46. The fraction of sp³-hybridized carbons (Fsp3) is 0.625. The topological polar surface area (TPSA) is 3.24 Å². The Bertz CT molecular complexity index is 444. The predicted octanol–water partition coefficient (Wildman–Crippen LogP) is 4.74. The van der Waals surface area contributed by atoms with Crippen LogP contribution in [0.1, 0.15) is 44.1 Å². The first-order valence-corrected chi connectivity index (χ1v) is 8.13. The van der Waals surface area contributed by atoms with E-state index in [0.29, 0.717) is 5.41 Å². The summed E-state index contributed by atoms with van der Waals surface area (Å²) in [5.41, 5.74) is 1.88. The first-order chi connectivity index (χ1) is 9.17. The molecule has 0 radical (unpaired) electrons. The molecule has 0 atom stereocenters. The summed E-state index contributed by atoms with van der Waals surface area (Å²) in [4.78, 5) is 2.52. The molecule has 1 heterocycles. The van der Waals surface area contributed by atoms with Gasteiger partial charge in [-0.15, -0.1) is 0 Å². The quantitative estimate of drug-likeness (QED) is 0.758. The molecule has 1 spiro atoms. The Morgan fingerprint density at radius 3 is 2.42 bits per heavy atom. The molecule has 2 fully saturated rings. The molecule has 2 aliphatic rings. The van der Waals surface area contributed by atoms with Crippen molar-refractivity contribution in [3.8, 4) is 0 Å². The molecule has 1 aromatic rings. The number of nitrogens with zero attached hydrogens (tertiary/aromatic N) is 1. The van der Waals surface area contributed by atoms with Gasteiger partial charge in [-0.25, -0.2) is 4.39 Å². The van der Waals surface area contributed by atoms with E-state index in [1.54, 1.807) is 12.1 Å². The highest BCUT2D eigenvalue weighted by atomic mass is 79.9. The summed E-state index contributed by atoms with van der Waals surface area (Å²) in [6, 6.07) is 5.03. The van der Waals surface area contributed by atoms with Gasteiger partial charge in [-0.05, 0) is 61.9 Å². The zero-order valence-electron chi connectivity index (χ0n) is 11.3. The Kier molecular flexibility index (Phi) is 3.95. The molecule has 1 nitrogen and oxygen atoms in total. The van der Waals surface area contributed by atoms with E-state index in [4.69, 9.17) is 0 Å². The molecule has 1 saturated carbocycles. The van der Waals surface area contributed by atoms with Gasteiger partial charge in [0.1, 0.15) is 5.82 Å². The summed E-state index contributed by atoms with van der Waals surface area (Å²) < 4.78 is 14.0. The molecule has 3 heteroatoms. The van der Waals surface area contributed by atoms with Crippen molar-refractivity contribution in [2.24, 2.45) is 5.41 Å². The minimum atomic E-state index is -0.167. The number of halogens is 2. The Labute approximate surface area is 123 Å². The average Bonchev–Trinajstić information content (AvgIpc) is 2.84. The van der Waals surface area contributed by atoms with Crippen LogP contribution in [-0.4, -0.2) is 18.0 Å². The van der Waals surface area contributed by atoms with Crippen molar-refractivity contribution >= 4 is 15.9 Å². The largest absolute Gasteiger partial charge is 0.299 e. The monoisotopic (exact) mass is 325 g/mol. The number of likely N-dealkylation sites (tertiary alicyclic amines) is 1. The summed E-state index contributed by atoms with van der Waals surface area (Å²) in [5, 5.41) is 0. The van der Waals surface area contributed by atoms with Crippen molar-refractivity contribution < 1.29 is 4.39 Å². The lowest BCUT2D eigenvalue weighted by Crippen LogP contribution is -2.38. The van der Waals surface area contributed by atoms with E-state index >= 15 is 0 Å². The highest BCUT2D eigenvalue weighted by Gasteiger charge is 2.36. The van der Waals surface area contributed by atoms with E-state index in [9.17, 15) is 4.39 Å². The van der Waals surface area contributed by atoms with Crippen molar-refractivity contribution in [2.75, 3.05) is 13.1 Å². The van der Waals surface area contributed by atoms with Crippen LogP contribution in [0.25, 0.3) is 0 Å². The van der Waals surface area contributed by atoms with E-state index in [2.05, 4.69) is 20.8 Å². The molecule has 0 unspecified atom stereocenters. The van der Waals surface area contributed by atoms with Gasteiger partial charge in [-0.3, -0.25) is 4.90 Å². The van der Waals surface area contributed by atoms with E-state index in [0.717, 1.165) is 11.0 Å². The maximum Gasteiger partial charge on any atom is 0.124 e. The van der Waals surface area contributed by atoms with E-state index in [-0.39, 0.29) is 5.82 Å². The van der Waals surface area contributed by atoms with Gasteiger partial charge in [0.15, 0.2) is 0 Å². The molecule has 0 amide bonds. The molecule has 0 bridgehead atoms. The number of piperidine rings is 1. The van der Waals surface area contributed by atoms with Crippen LogP contribution < -0.4 is 0 Å². The second-order valence-corrected chi connectivity index (χ2v) is 7.07. The molecule has 1 aliphatic carbocycles. The number of benzene rings is 1. The second kappa shape index (κ2) is 5.53. The average molecular weight is 326 g/mol. The lowest BCUT2D eigenvalue weighted by Gasteiger charge is -2.39. The molecular weight excluding hydrogens is 305 g/mol. The molecule has 0 aromatic heterocycles. The molecule has 19 heavy (non-hydrogen) atoms. The van der Waals surface area contributed by atoms with Crippen LogP contribution >= 0.6 is 15.9 Å². The summed E-state index contributed by atoms with van der Waals surface area (Å²) in [6.07, 6.45) is 8.47. The lowest BCUT2D eigenvalue weighted by atomic mass is 9.77. The fourth-order valence-electron chi connectivity index (χ4n) is 3.70. The Morgan fingerprint density at radius 2 is 1.79 bits per heavy atom. The van der Waals surface area contributed by atoms with Crippen LogP contribution in [0.2, 0.25) is 0 Å². The van der Waals surface area contributed by atoms with Gasteiger partial charge in [0, 0.05) is 11.0 Å².